The van der Waals surface area contributed by atoms with Gasteiger partial charge in [-0.15, -0.1) is 0 Å². The quantitative estimate of drug-likeness (QED) is 0.621. The van der Waals surface area contributed by atoms with E-state index in [4.69, 9.17) is 0 Å². The number of aliphatic hydroxyl groups is 1. The van der Waals surface area contributed by atoms with Crippen molar-refractivity contribution in [2.45, 2.75) is 50.3 Å². The maximum Gasteiger partial charge on any atom is 0.0598 e. The minimum atomic E-state index is -0.0376. The zero-order valence-electron chi connectivity index (χ0n) is 9.28. The van der Waals surface area contributed by atoms with Crippen LogP contribution in [0.5, 0.6) is 0 Å². The summed E-state index contributed by atoms with van der Waals surface area (Å²) in [5.41, 5.74) is 0. The van der Waals surface area contributed by atoms with Gasteiger partial charge in [0.15, 0.2) is 0 Å². The molecular formula is C12H22N2O. The van der Waals surface area contributed by atoms with Crippen molar-refractivity contribution >= 4 is 0 Å². The molecule has 3 heterocycles. The summed E-state index contributed by atoms with van der Waals surface area (Å²) >= 11 is 0. The van der Waals surface area contributed by atoms with Crippen LogP contribution in [0.2, 0.25) is 0 Å². The van der Waals surface area contributed by atoms with Crippen LogP contribution in [0.25, 0.3) is 0 Å². The van der Waals surface area contributed by atoms with Gasteiger partial charge in [-0.1, -0.05) is 0 Å². The molecule has 3 aliphatic heterocycles. The smallest absolute Gasteiger partial charge is 0.0598 e. The third-order valence-corrected chi connectivity index (χ3v) is 4.58. The Morgan fingerprint density at radius 2 is 2.13 bits per heavy atom. The summed E-state index contributed by atoms with van der Waals surface area (Å²) in [6.45, 7) is 2.34. The molecule has 3 rings (SSSR count). The molecule has 0 saturated carbocycles. The topological polar surface area (TPSA) is 44.3 Å². The predicted molar refractivity (Wildman–Crippen MR) is 59.7 cm³/mol. The molecule has 15 heavy (non-hydrogen) atoms. The van der Waals surface area contributed by atoms with Crippen molar-refractivity contribution in [3.63, 3.8) is 0 Å². The van der Waals surface area contributed by atoms with Crippen LogP contribution in [0, 0.1) is 11.8 Å². The lowest BCUT2D eigenvalue weighted by molar-refractivity contribution is 0.0403. The number of fused-ring (bicyclic) bond motifs is 2. The van der Waals surface area contributed by atoms with Gasteiger partial charge in [-0.3, -0.25) is 0 Å². The average molecular weight is 210 g/mol. The molecule has 0 spiro atoms. The first kappa shape index (κ1) is 10.1. The van der Waals surface area contributed by atoms with Gasteiger partial charge in [0.25, 0.3) is 0 Å². The van der Waals surface area contributed by atoms with E-state index in [-0.39, 0.29) is 6.10 Å². The lowest BCUT2D eigenvalue weighted by Crippen LogP contribution is -2.48. The maximum absolute atomic E-state index is 10.1. The van der Waals surface area contributed by atoms with Crippen LogP contribution >= 0.6 is 0 Å². The molecule has 3 saturated heterocycles. The molecule has 3 fully saturated rings. The number of rotatable bonds is 2. The standard InChI is InChI=1S/C12H22N2O/c15-12-6-9-1-2-11(14-9)10(12)5-8-3-4-13-7-8/h8-15H,1-7H2. The van der Waals surface area contributed by atoms with Crippen molar-refractivity contribution in [3.8, 4) is 0 Å². The van der Waals surface area contributed by atoms with Gasteiger partial charge < -0.3 is 15.7 Å². The number of nitrogens with one attached hydrogen (secondary N) is 2. The highest BCUT2D eigenvalue weighted by Crippen LogP contribution is 2.36. The Morgan fingerprint density at radius 3 is 2.93 bits per heavy atom. The van der Waals surface area contributed by atoms with Crippen molar-refractivity contribution < 1.29 is 5.11 Å². The van der Waals surface area contributed by atoms with Gasteiger partial charge >= 0.3 is 0 Å². The van der Waals surface area contributed by atoms with E-state index in [0.29, 0.717) is 18.0 Å². The largest absolute Gasteiger partial charge is 0.393 e. The van der Waals surface area contributed by atoms with E-state index in [2.05, 4.69) is 10.6 Å². The molecule has 3 aliphatic rings. The van der Waals surface area contributed by atoms with E-state index in [0.717, 1.165) is 12.3 Å². The summed E-state index contributed by atoms with van der Waals surface area (Å²) in [6.07, 6.45) is 6.04. The lowest BCUT2D eigenvalue weighted by Gasteiger charge is -2.36. The van der Waals surface area contributed by atoms with E-state index in [1.54, 1.807) is 0 Å². The van der Waals surface area contributed by atoms with Crippen LogP contribution in [-0.2, 0) is 0 Å². The average Bonchev–Trinajstić information content (AvgIpc) is 2.82. The summed E-state index contributed by atoms with van der Waals surface area (Å²) in [5, 5.41) is 17.2. The highest BCUT2D eigenvalue weighted by Gasteiger charge is 2.41. The van der Waals surface area contributed by atoms with Crippen LogP contribution in [0.4, 0.5) is 0 Å². The molecule has 0 aliphatic carbocycles. The van der Waals surface area contributed by atoms with Crippen molar-refractivity contribution in [2.24, 2.45) is 11.8 Å². The molecular weight excluding hydrogens is 188 g/mol. The molecule has 3 heteroatoms. The zero-order chi connectivity index (χ0) is 10.3. The number of hydrogen-bond acceptors (Lipinski definition) is 3. The van der Waals surface area contributed by atoms with Crippen molar-refractivity contribution in [1.82, 2.24) is 10.6 Å². The highest BCUT2D eigenvalue weighted by molar-refractivity contribution is 4.98. The first-order valence-electron chi connectivity index (χ1n) is 6.48. The molecule has 2 bridgehead atoms. The molecule has 0 aromatic carbocycles. The van der Waals surface area contributed by atoms with Crippen LogP contribution in [0.15, 0.2) is 0 Å². The molecule has 5 unspecified atom stereocenters. The van der Waals surface area contributed by atoms with E-state index in [9.17, 15) is 5.11 Å². The molecule has 86 valence electrons. The van der Waals surface area contributed by atoms with Gasteiger partial charge in [-0.2, -0.15) is 0 Å². The third kappa shape index (κ3) is 1.93. The fourth-order valence-corrected chi connectivity index (χ4v) is 3.73. The van der Waals surface area contributed by atoms with Gasteiger partial charge in [0.05, 0.1) is 6.10 Å². The second-order valence-corrected chi connectivity index (χ2v) is 5.61. The highest BCUT2D eigenvalue weighted by atomic mass is 16.3. The Hall–Kier alpha value is -0.120. The molecule has 0 amide bonds. The molecule has 5 atom stereocenters. The van der Waals surface area contributed by atoms with E-state index < -0.39 is 0 Å². The molecule has 0 aromatic rings. The molecule has 0 radical (unpaired) electrons. The van der Waals surface area contributed by atoms with E-state index in [1.165, 1.54) is 38.8 Å². The first-order valence-corrected chi connectivity index (χ1v) is 6.48. The van der Waals surface area contributed by atoms with Crippen LogP contribution in [0.3, 0.4) is 0 Å². The third-order valence-electron chi connectivity index (χ3n) is 4.58. The maximum atomic E-state index is 10.1. The zero-order valence-corrected chi connectivity index (χ0v) is 9.28. The minimum Gasteiger partial charge on any atom is -0.393 e. The lowest BCUT2D eigenvalue weighted by atomic mass is 9.81. The van der Waals surface area contributed by atoms with Crippen LogP contribution in [0.1, 0.15) is 32.1 Å². The Morgan fingerprint density at radius 1 is 1.20 bits per heavy atom. The summed E-state index contributed by atoms with van der Waals surface area (Å²) in [4.78, 5) is 0. The predicted octanol–water partition coefficient (Wildman–Crippen LogP) is 0.487. The van der Waals surface area contributed by atoms with Crippen molar-refractivity contribution in [2.75, 3.05) is 13.1 Å². The molecule has 3 nitrogen and oxygen atoms in total. The van der Waals surface area contributed by atoms with Crippen molar-refractivity contribution in [1.29, 1.82) is 0 Å². The summed E-state index contributed by atoms with van der Waals surface area (Å²) in [6, 6.07) is 1.22. The Bertz CT molecular complexity index is 228. The summed E-state index contributed by atoms with van der Waals surface area (Å²) in [5.74, 6) is 1.33. The summed E-state index contributed by atoms with van der Waals surface area (Å²) < 4.78 is 0. The SMILES string of the molecule is OC1CC2CCC(N2)C1CC1CCNC1. The van der Waals surface area contributed by atoms with E-state index >= 15 is 0 Å². The van der Waals surface area contributed by atoms with Crippen molar-refractivity contribution in [3.05, 3.63) is 0 Å². The summed E-state index contributed by atoms with van der Waals surface area (Å²) in [7, 11) is 0. The number of hydrogen-bond donors (Lipinski definition) is 3. The first-order chi connectivity index (χ1) is 7.33. The van der Waals surface area contributed by atoms with Gasteiger partial charge in [-0.25, -0.2) is 0 Å². The fraction of sp³-hybridized carbons (Fsp3) is 1.00. The van der Waals surface area contributed by atoms with Gasteiger partial charge in [-0.05, 0) is 51.1 Å². The van der Waals surface area contributed by atoms with Crippen LogP contribution in [-0.4, -0.2) is 36.4 Å². The Labute approximate surface area is 91.6 Å². The number of aliphatic hydroxyl groups excluding tert-OH is 1. The van der Waals surface area contributed by atoms with Gasteiger partial charge in [0.1, 0.15) is 0 Å². The van der Waals surface area contributed by atoms with Gasteiger partial charge in [0.2, 0.25) is 0 Å². The Balaban J connectivity index is 1.62. The fourth-order valence-electron chi connectivity index (χ4n) is 3.73. The van der Waals surface area contributed by atoms with E-state index in [1.807, 2.05) is 0 Å². The Kier molecular flexibility index (Phi) is 2.71. The molecule has 0 aromatic heterocycles. The van der Waals surface area contributed by atoms with Gasteiger partial charge in [0, 0.05) is 18.0 Å². The second kappa shape index (κ2) is 4.04. The second-order valence-electron chi connectivity index (χ2n) is 5.61. The monoisotopic (exact) mass is 210 g/mol. The normalized spacial score (nSPS) is 49.8. The minimum absolute atomic E-state index is 0.0376. The molecule has 3 N–H and O–H groups in total. The van der Waals surface area contributed by atoms with Crippen LogP contribution < -0.4 is 10.6 Å². The number of piperidine rings is 1.